The molecule has 1 aromatic carbocycles. The van der Waals surface area contributed by atoms with E-state index in [0.717, 1.165) is 5.56 Å². The van der Waals surface area contributed by atoms with Crippen molar-refractivity contribution >= 4 is 11.9 Å². The van der Waals surface area contributed by atoms with Crippen LogP contribution in [0.25, 0.3) is 0 Å². The lowest BCUT2D eigenvalue weighted by molar-refractivity contribution is -0.128. The maximum atomic E-state index is 11.8. The fourth-order valence-electron chi connectivity index (χ4n) is 1.58. The predicted octanol–water partition coefficient (Wildman–Crippen LogP) is 2.14. The molecule has 0 aromatic heterocycles. The van der Waals surface area contributed by atoms with Crippen molar-refractivity contribution < 1.29 is 19.1 Å². The second-order valence-electron chi connectivity index (χ2n) is 5.46. The number of ether oxygens (including phenoxy) is 2. The zero-order valence-electron chi connectivity index (χ0n) is 12.6. The van der Waals surface area contributed by atoms with E-state index in [0.29, 0.717) is 17.9 Å². The fraction of sp³-hybridized carbons (Fsp3) is 0.467. The fourth-order valence-corrected chi connectivity index (χ4v) is 1.58. The number of hydrogen-bond donors (Lipinski definition) is 1. The van der Waals surface area contributed by atoms with Crippen molar-refractivity contribution in [1.82, 2.24) is 5.32 Å². The molecule has 0 heterocycles. The molecule has 0 bridgehead atoms. The Labute approximate surface area is 119 Å². The first-order chi connectivity index (χ1) is 9.29. The zero-order chi connectivity index (χ0) is 15.3. The van der Waals surface area contributed by atoms with Crippen LogP contribution in [0, 0.1) is 5.41 Å². The number of carbonyl (C=O) groups excluding carboxylic acids is 2. The van der Waals surface area contributed by atoms with Crippen LogP contribution in [0.3, 0.4) is 0 Å². The van der Waals surface area contributed by atoms with Crippen LogP contribution in [0.5, 0.6) is 5.75 Å². The molecular weight excluding hydrogens is 258 g/mol. The minimum atomic E-state index is -0.467. The molecule has 0 aliphatic heterocycles. The summed E-state index contributed by atoms with van der Waals surface area (Å²) >= 11 is 0. The number of amides is 1. The van der Waals surface area contributed by atoms with Crippen LogP contribution in [0.1, 0.15) is 36.7 Å². The van der Waals surface area contributed by atoms with Gasteiger partial charge in [0, 0.05) is 12.0 Å². The van der Waals surface area contributed by atoms with Crippen molar-refractivity contribution in [2.75, 3.05) is 14.2 Å². The van der Waals surface area contributed by atoms with Gasteiger partial charge in [0.25, 0.3) is 0 Å². The molecule has 1 rings (SSSR count). The van der Waals surface area contributed by atoms with E-state index in [-0.39, 0.29) is 5.91 Å². The molecule has 0 atom stereocenters. The molecule has 0 saturated heterocycles. The molecule has 0 aliphatic rings. The summed E-state index contributed by atoms with van der Waals surface area (Å²) < 4.78 is 9.82. The van der Waals surface area contributed by atoms with E-state index in [1.165, 1.54) is 14.2 Å². The van der Waals surface area contributed by atoms with Gasteiger partial charge in [0.2, 0.25) is 5.91 Å². The van der Waals surface area contributed by atoms with Gasteiger partial charge >= 0.3 is 5.97 Å². The molecule has 1 N–H and O–H groups in total. The van der Waals surface area contributed by atoms with Crippen LogP contribution >= 0.6 is 0 Å². The Morgan fingerprint density at radius 2 is 1.85 bits per heavy atom. The van der Waals surface area contributed by atoms with Crippen molar-refractivity contribution in [3.63, 3.8) is 0 Å². The molecule has 0 aliphatic carbocycles. The lowest BCUT2D eigenvalue weighted by atomic mass is 9.95. The van der Waals surface area contributed by atoms with Gasteiger partial charge in [-0.05, 0) is 17.7 Å². The van der Waals surface area contributed by atoms with E-state index in [4.69, 9.17) is 9.47 Å². The van der Waals surface area contributed by atoms with Gasteiger partial charge in [0.1, 0.15) is 11.3 Å². The Kier molecular flexibility index (Phi) is 5.13. The molecule has 0 saturated carbocycles. The SMILES string of the molecule is COC(=O)c1cc(CNC(=O)C(C)(C)C)ccc1OC. The third kappa shape index (κ3) is 3.98. The Hall–Kier alpha value is -2.04. The van der Waals surface area contributed by atoms with E-state index < -0.39 is 11.4 Å². The number of hydrogen-bond acceptors (Lipinski definition) is 4. The van der Waals surface area contributed by atoms with Crippen LogP contribution in [-0.2, 0) is 16.1 Å². The van der Waals surface area contributed by atoms with Gasteiger partial charge in [-0.2, -0.15) is 0 Å². The summed E-state index contributed by atoms with van der Waals surface area (Å²) in [5.41, 5.74) is 0.707. The van der Waals surface area contributed by atoms with E-state index in [9.17, 15) is 9.59 Å². The standard InChI is InChI=1S/C15H21NO4/c1-15(2,3)14(18)16-9-10-6-7-12(19-4)11(8-10)13(17)20-5/h6-8H,9H2,1-5H3,(H,16,18). The molecule has 0 unspecified atom stereocenters. The summed E-state index contributed by atoms with van der Waals surface area (Å²) in [7, 11) is 2.80. The van der Waals surface area contributed by atoms with Gasteiger partial charge in [0.05, 0.1) is 14.2 Å². The Bertz CT molecular complexity index is 503. The Balaban J connectivity index is 2.88. The van der Waals surface area contributed by atoms with Gasteiger partial charge in [-0.3, -0.25) is 4.79 Å². The summed E-state index contributed by atoms with van der Waals surface area (Å²) in [6.45, 7) is 5.88. The molecular formula is C15H21NO4. The normalized spacial score (nSPS) is 10.8. The molecule has 1 amide bonds. The minimum Gasteiger partial charge on any atom is -0.496 e. The summed E-state index contributed by atoms with van der Waals surface area (Å²) in [4.78, 5) is 23.5. The Morgan fingerprint density at radius 3 is 2.35 bits per heavy atom. The highest BCUT2D eigenvalue weighted by atomic mass is 16.5. The van der Waals surface area contributed by atoms with Gasteiger partial charge < -0.3 is 14.8 Å². The highest BCUT2D eigenvalue weighted by Crippen LogP contribution is 2.21. The molecule has 20 heavy (non-hydrogen) atoms. The first-order valence-electron chi connectivity index (χ1n) is 6.33. The summed E-state index contributed by atoms with van der Waals surface area (Å²) in [6.07, 6.45) is 0. The van der Waals surface area contributed by atoms with Crippen molar-refractivity contribution in [3.05, 3.63) is 29.3 Å². The number of nitrogens with one attached hydrogen (secondary N) is 1. The number of esters is 1. The van der Waals surface area contributed by atoms with Crippen molar-refractivity contribution in [1.29, 1.82) is 0 Å². The van der Waals surface area contributed by atoms with Crippen LogP contribution in [0.15, 0.2) is 18.2 Å². The largest absolute Gasteiger partial charge is 0.496 e. The van der Waals surface area contributed by atoms with Crippen LogP contribution in [0.2, 0.25) is 0 Å². The monoisotopic (exact) mass is 279 g/mol. The van der Waals surface area contributed by atoms with E-state index in [1.54, 1.807) is 18.2 Å². The van der Waals surface area contributed by atoms with Crippen molar-refractivity contribution in [2.45, 2.75) is 27.3 Å². The third-order valence-corrected chi connectivity index (χ3v) is 2.80. The molecule has 5 nitrogen and oxygen atoms in total. The second-order valence-corrected chi connectivity index (χ2v) is 5.46. The smallest absolute Gasteiger partial charge is 0.341 e. The second kappa shape index (κ2) is 6.41. The summed E-state index contributed by atoms with van der Waals surface area (Å²) in [5, 5.41) is 2.83. The molecule has 5 heteroatoms. The van der Waals surface area contributed by atoms with E-state index in [1.807, 2.05) is 20.8 Å². The molecule has 110 valence electrons. The van der Waals surface area contributed by atoms with Gasteiger partial charge in [-0.1, -0.05) is 26.8 Å². The maximum Gasteiger partial charge on any atom is 0.341 e. The first-order valence-corrected chi connectivity index (χ1v) is 6.33. The summed E-state index contributed by atoms with van der Waals surface area (Å²) in [5.74, 6) is -0.0680. The first kappa shape index (κ1) is 16.0. The zero-order valence-corrected chi connectivity index (χ0v) is 12.6. The van der Waals surface area contributed by atoms with Crippen LogP contribution < -0.4 is 10.1 Å². The van der Waals surface area contributed by atoms with Crippen molar-refractivity contribution in [3.8, 4) is 5.75 Å². The number of carbonyl (C=O) groups is 2. The van der Waals surface area contributed by atoms with E-state index >= 15 is 0 Å². The number of methoxy groups -OCH3 is 2. The van der Waals surface area contributed by atoms with Gasteiger partial charge in [0.15, 0.2) is 0 Å². The average molecular weight is 279 g/mol. The summed E-state index contributed by atoms with van der Waals surface area (Å²) in [6, 6.07) is 5.15. The predicted molar refractivity (Wildman–Crippen MR) is 75.6 cm³/mol. The van der Waals surface area contributed by atoms with Crippen molar-refractivity contribution in [2.24, 2.45) is 5.41 Å². The Morgan fingerprint density at radius 1 is 1.20 bits per heavy atom. The lowest BCUT2D eigenvalue weighted by Gasteiger charge is -2.18. The maximum absolute atomic E-state index is 11.8. The minimum absolute atomic E-state index is 0.0482. The number of benzene rings is 1. The average Bonchev–Trinajstić information content (AvgIpc) is 2.42. The molecule has 0 fully saturated rings. The number of rotatable bonds is 4. The molecule has 1 aromatic rings. The molecule has 0 radical (unpaired) electrons. The highest BCUT2D eigenvalue weighted by molar-refractivity contribution is 5.92. The quantitative estimate of drug-likeness (QED) is 0.858. The molecule has 0 spiro atoms. The topological polar surface area (TPSA) is 64.6 Å². The lowest BCUT2D eigenvalue weighted by Crippen LogP contribution is -2.34. The highest BCUT2D eigenvalue weighted by Gasteiger charge is 2.21. The third-order valence-electron chi connectivity index (χ3n) is 2.80. The van der Waals surface area contributed by atoms with Crippen LogP contribution in [0.4, 0.5) is 0 Å². The van der Waals surface area contributed by atoms with Gasteiger partial charge in [-0.15, -0.1) is 0 Å². The van der Waals surface area contributed by atoms with E-state index in [2.05, 4.69) is 5.32 Å². The van der Waals surface area contributed by atoms with Crippen LogP contribution in [-0.4, -0.2) is 26.1 Å². The van der Waals surface area contributed by atoms with Gasteiger partial charge in [-0.25, -0.2) is 4.79 Å².